The third-order valence-electron chi connectivity index (χ3n) is 2.40. The number of hydrogen-bond acceptors (Lipinski definition) is 2. The molecule has 0 spiro atoms. The highest BCUT2D eigenvalue weighted by atomic mass is 79.9. The summed E-state index contributed by atoms with van der Waals surface area (Å²) < 4.78 is 13.3. The molecular weight excluding hydrogens is 305 g/mol. The van der Waals surface area contributed by atoms with Gasteiger partial charge in [0.2, 0.25) is 0 Å². The third-order valence-corrected chi connectivity index (χ3v) is 4.31. The summed E-state index contributed by atoms with van der Waals surface area (Å²) in [4.78, 5) is 11.9. The van der Waals surface area contributed by atoms with Crippen LogP contribution in [0, 0.1) is 5.82 Å². The van der Waals surface area contributed by atoms with Gasteiger partial charge in [0.15, 0.2) is 0 Å². The highest BCUT2D eigenvalue weighted by molar-refractivity contribution is 9.10. The van der Waals surface area contributed by atoms with E-state index < -0.39 is 0 Å². The van der Waals surface area contributed by atoms with E-state index in [1.807, 2.05) is 6.26 Å². The van der Waals surface area contributed by atoms with E-state index >= 15 is 0 Å². The van der Waals surface area contributed by atoms with Gasteiger partial charge in [0.05, 0.1) is 5.56 Å². The quantitative estimate of drug-likeness (QED) is 0.920. The fourth-order valence-electron chi connectivity index (χ4n) is 1.13. The fraction of sp³-hybridized carbons (Fsp3) is 0.417. The van der Waals surface area contributed by atoms with Crippen LogP contribution in [-0.4, -0.2) is 23.5 Å². The second-order valence-electron chi connectivity index (χ2n) is 4.27. The van der Waals surface area contributed by atoms with Gasteiger partial charge < -0.3 is 5.32 Å². The van der Waals surface area contributed by atoms with Gasteiger partial charge >= 0.3 is 0 Å². The minimum atomic E-state index is -0.363. The van der Waals surface area contributed by atoms with E-state index in [1.54, 1.807) is 11.8 Å². The van der Waals surface area contributed by atoms with Crippen LogP contribution >= 0.6 is 27.7 Å². The van der Waals surface area contributed by atoms with Crippen LogP contribution < -0.4 is 5.32 Å². The molecule has 0 aromatic heterocycles. The van der Waals surface area contributed by atoms with Crippen molar-refractivity contribution in [2.24, 2.45) is 0 Å². The van der Waals surface area contributed by atoms with Gasteiger partial charge in [-0.05, 0) is 54.2 Å². The number of halogens is 2. The van der Waals surface area contributed by atoms with Crippen molar-refractivity contribution in [2.45, 2.75) is 18.6 Å². The van der Waals surface area contributed by atoms with Gasteiger partial charge in [-0.1, -0.05) is 0 Å². The highest BCUT2D eigenvalue weighted by Crippen LogP contribution is 2.21. The van der Waals surface area contributed by atoms with Crippen LogP contribution in [0.3, 0.4) is 0 Å². The first-order chi connectivity index (χ1) is 7.85. The summed E-state index contributed by atoms with van der Waals surface area (Å²) in [5.41, 5.74) is 0.448. The van der Waals surface area contributed by atoms with Crippen LogP contribution in [0.4, 0.5) is 4.39 Å². The fourth-order valence-corrected chi connectivity index (χ4v) is 1.88. The largest absolute Gasteiger partial charge is 0.351 e. The molecule has 1 aromatic carbocycles. The highest BCUT2D eigenvalue weighted by Gasteiger charge is 2.18. The molecule has 0 aliphatic rings. The molecule has 0 atom stereocenters. The monoisotopic (exact) mass is 319 g/mol. The van der Waals surface area contributed by atoms with Crippen molar-refractivity contribution in [1.29, 1.82) is 0 Å². The Kier molecular flexibility index (Phi) is 5.01. The van der Waals surface area contributed by atoms with Crippen molar-refractivity contribution in [2.75, 3.05) is 12.8 Å². The SMILES string of the molecule is CSC(C)(C)CNC(=O)c1ccc(F)cc1Br. The molecule has 1 rings (SSSR count). The smallest absolute Gasteiger partial charge is 0.252 e. The first kappa shape index (κ1) is 14.5. The number of carbonyl (C=O) groups is 1. The molecule has 2 nitrogen and oxygen atoms in total. The Morgan fingerprint density at radius 1 is 1.53 bits per heavy atom. The summed E-state index contributed by atoms with van der Waals surface area (Å²) in [5, 5.41) is 2.84. The Bertz CT molecular complexity index is 423. The minimum Gasteiger partial charge on any atom is -0.351 e. The average Bonchev–Trinajstić information content (AvgIpc) is 2.26. The van der Waals surface area contributed by atoms with Crippen LogP contribution in [-0.2, 0) is 0 Å². The number of rotatable bonds is 4. The van der Waals surface area contributed by atoms with Gasteiger partial charge in [0.1, 0.15) is 5.82 Å². The zero-order valence-corrected chi connectivity index (χ0v) is 12.4. The topological polar surface area (TPSA) is 29.1 Å². The minimum absolute atomic E-state index is 0.0117. The second-order valence-corrected chi connectivity index (χ2v) is 6.64. The van der Waals surface area contributed by atoms with E-state index in [4.69, 9.17) is 0 Å². The molecule has 0 aliphatic carbocycles. The summed E-state index contributed by atoms with van der Waals surface area (Å²) in [7, 11) is 0. The molecule has 1 aromatic rings. The lowest BCUT2D eigenvalue weighted by Gasteiger charge is -2.22. The van der Waals surface area contributed by atoms with Crippen molar-refractivity contribution in [1.82, 2.24) is 5.32 Å². The molecule has 1 amide bonds. The molecule has 0 saturated carbocycles. The number of carbonyl (C=O) groups excluding carboxylic acids is 1. The molecule has 0 heterocycles. The van der Waals surface area contributed by atoms with Crippen LogP contribution in [0.25, 0.3) is 0 Å². The molecular formula is C12H15BrFNOS. The lowest BCUT2D eigenvalue weighted by atomic mass is 10.1. The van der Waals surface area contributed by atoms with Gasteiger partial charge in [-0.3, -0.25) is 4.79 Å². The predicted molar refractivity (Wildman–Crippen MR) is 74.0 cm³/mol. The zero-order chi connectivity index (χ0) is 13.1. The predicted octanol–water partition coefficient (Wildman–Crippen LogP) is 3.46. The van der Waals surface area contributed by atoms with Crippen LogP contribution in [0.15, 0.2) is 22.7 Å². The zero-order valence-electron chi connectivity index (χ0n) is 10.0. The maximum absolute atomic E-state index is 12.9. The van der Waals surface area contributed by atoms with E-state index in [2.05, 4.69) is 35.1 Å². The molecule has 94 valence electrons. The normalized spacial score (nSPS) is 11.4. The van der Waals surface area contributed by atoms with Gasteiger partial charge in [0, 0.05) is 15.8 Å². The van der Waals surface area contributed by atoms with E-state index in [1.165, 1.54) is 18.2 Å². The molecule has 0 radical (unpaired) electrons. The van der Waals surface area contributed by atoms with Crippen molar-refractivity contribution < 1.29 is 9.18 Å². The standard InChI is InChI=1S/C12H15BrFNOS/c1-12(2,17-3)7-15-11(16)9-5-4-8(14)6-10(9)13/h4-6H,7H2,1-3H3,(H,15,16). The first-order valence-corrected chi connectivity index (χ1v) is 7.16. The number of thioether (sulfide) groups is 1. The van der Waals surface area contributed by atoms with E-state index in [-0.39, 0.29) is 16.5 Å². The van der Waals surface area contributed by atoms with Crippen molar-refractivity contribution in [3.8, 4) is 0 Å². The summed E-state index contributed by atoms with van der Waals surface area (Å²) in [6.07, 6.45) is 2.00. The molecule has 1 N–H and O–H groups in total. The van der Waals surface area contributed by atoms with E-state index in [0.29, 0.717) is 16.6 Å². The molecule has 0 fully saturated rings. The number of amides is 1. The molecule has 0 aliphatic heterocycles. The first-order valence-electron chi connectivity index (χ1n) is 5.14. The van der Waals surface area contributed by atoms with Crippen LogP contribution in [0.2, 0.25) is 0 Å². The van der Waals surface area contributed by atoms with Gasteiger partial charge in [-0.25, -0.2) is 4.39 Å². The number of benzene rings is 1. The van der Waals surface area contributed by atoms with Crippen LogP contribution in [0.1, 0.15) is 24.2 Å². The van der Waals surface area contributed by atoms with E-state index in [0.717, 1.165) is 0 Å². The summed E-state index contributed by atoms with van der Waals surface area (Å²) >= 11 is 4.86. The van der Waals surface area contributed by atoms with Crippen molar-refractivity contribution in [3.63, 3.8) is 0 Å². The van der Waals surface area contributed by atoms with E-state index in [9.17, 15) is 9.18 Å². The Hall–Kier alpha value is -0.550. The van der Waals surface area contributed by atoms with Crippen LogP contribution in [0.5, 0.6) is 0 Å². The van der Waals surface area contributed by atoms with Gasteiger partial charge in [-0.15, -0.1) is 0 Å². The molecule has 0 bridgehead atoms. The maximum Gasteiger partial charge on any atom is 0.252 e. The second kappa shape index (κ2) is 5.87. The maximum atomic E-state index is 12.9. The Balaban J connectivity index is 2.71. The molecule has 0 unspecified atom stereocenters. The van der Waals surface area contributed by atoms with Crippen molar-refractivity contribution in [3.05, 3.63) is 34.1 Å². The number of nitrogens with one attached hydrogen (secondary N) is 1. The van der Waals surface area contributed by atoms with Gasteiger partial charge in [-0.2, -0.15) is 11.8 Å². The average molecular weight is 320 g/mol. The van der Waals surface area contributed by atoms with Crippen molar-refractivity contribution >= 4 is 33.6 Å². The summed E-state index contributed by atoms with van der Waals surface area (Å²) in [5.74, 6) is -0.558. The molecule has 5 heteroatoms. The Morgan fingerprint density at radius 2 is 2.18 bits per heavy atom. The van der Waals surface area contributed by atoms with Gasteiger partial charge in [0.25, 0.3) is 5.91 Å². The number of hydrogen-bond donors (Lipinski definition) is 1. The Labute approximate surface area is 113 Å². The summed E-state index contributed by atoms with van der Waals surface area (Å²) in [6.45, 7) is 4.67. The molecule has 17 heavy (non-hydrogen) atoms. The third kappa shape index (κ3) is 4.32. The lowest BCUT2D eigenvalue weighted by Crippen LogP contribution is -2.36. The summed E-state index contributed by atoms with van der Waals surface area (Å²) in [6, 6.07) is 4.04. The molecule has 0 saturated heterocycles. The lowest BCUT2D eigenvalue weighted by molar-refractivity contribution is 0.0950. The Morgan fingerprint density at radius 3 is 2.71 bits per heavy atom.